The zero-order valence-electron chi connectivity index (χ0n) is 14.9. The van der Waals surface area contributed by atoms with E-state index in [1.807, 2.05) is 6.92 Å². The molecule has 0 spiro atoms. The van der Waals surface area contributed by atoms with Gasteiger partial charge in [0, 0.05) is 23.7 Å². The number of hydrogen-bond acceptors (Lipinski definition) is 4. The minimum absolute atomic E-state index is 0.0573. The number of sulfonamides is 1. The molecule has 1 aliphatic rings. The summed E-state index contributed by atoms with van der Waals surface area (Å²) in [6, 6.07) is 10.6. The zero-order chi connectivity index (χ0) is 19.9. The fourth-order valence-corrected chi connectivity index (χ4v) is 4.12. The number of hydrogen-bond donors (Lipinski definition) is 3. The van der Waals surface area contributed by atoms with Crippen LogP contribution in [0.25, 0.3) is 11.3 Å². The molecule has 3 aromatic rings. The van der Waals surface area contributed by atoms with Gasteiger partial charge in [-0.1, -0.05) is 11.6 Å². The standard InChI is InChI=1S/C19H17FN4O3S/c1-11-2-5-15(20)14(8-11)17-10-18(23-22-17)24-28(26,27)13-4-6-16-12(9-13)3-7-19(25)21-16/h2,4-6,8-10H,3,7H2,1H3,(H,21,25)(H2,22,23,24). The van der Waals surface area contributed by atoms with Crippen molar-refractivity contribution in [1.82, 2.24) is 10.2 Å². The van der Waals surface area contributed by atoms with Gasteiger partial charge in [0.15, 0.2) is 5.82 Å². The molecule has 2 aromatic carbocycles. The van der Waals surface area contributed by atoms with Crippen molar-refractivity contribution in [2.45, 2.75) is 24.7 Å². The molecular formula is C19H17FN4O3S. The van der Waals surface area contributed by atoms with E-state index in [1.54, 1.807) is 18.2 Å². The quantitative estimate of drug-likeness (QED) is 0.625. The molecule has 0 atom stereocenters. The summed E-state index contributed by atoms with van der Waals surface area (Å²) >= 11 is 0. The van der Waals surface area contributed by atoms with Crippen molar-refractivity contribution in [3.8, 4) is 11.3 Å². The van der Waals surface area contributed by atoms with Crippen LogP contribution in [0, 0.1) is 12.7 Å². The molecule has 0 fully saturated rings. The van der Waals surface area contributed by atoms with E-state index < -0.39 is 15.8 Å². The topological polar surface area (TPSA) is 104 Å². The van der Waals surface area contributed by atoms with Gasteiger partial charge in [-0.2, -0.15) is 5.10 Å². The van der Waals surface area contributed by atoms with Crippen LogP contribution in [0.4, 0.5) is 15.9 Å². The molecule has 0 aliphatic carbocycles. The molecule has 28 heavy (non-hydrogen) atoms. The smallest absolute Gasteiger partial charge is 0.263 e. The van der Waals surface area contributed by atoms with E-state index in [-0.39, 0.29) is 16.6 Å². The number of aromatic amines is 1. The lowest BCUT2D eigenvalue weighted by Crippen LogP contribution is -2.20. The number of amides is 1. The minimum Gasteiger partial charge on any atom is -0.326 e. The van der Waals surface area contributed by atoms with Crippen LogP contribution in [0.2, 0.25) is 0 Å². The molecule has 0 unspecified atom stereocenters. The van der Waals surface area contributed by atoms with Crippen LogP contribution in [-0.4, -0.2) is 24.5 Å². The lowest BCUT2D eigenvalue weighted by Gasteiger charge is -2.17. The van der Waals surface area contributed by atoms with Gasteiger partial charge in [-0.25, -0.2) is 12.8 Å². The van der Waals surface area contributed by atoms with E-state index in [2.05, 4.69) is 20.2 Å². The number of aryl methyl sites for hydroxylation is 2. The van der Waals surface area contributed by atoms with Gasteiger partial charge in [-0.15, -0.1) is 0 Å². The Labute approximate surface area is 161 Å². The second-order valence-corrected chi connectivity index (χ2v) is 8.31. The Bertz CT molecular complexity index is 1190. The van der Waals surface area contributed by atoms with E-state index in [4.69, 9.17) is 0 Å². The first kappa shape index (κ1) is 18.2. The van der Waals surface area contributed by atoms with Gasteiger partial charge in [0.25, 0.3) is 10.0 Å². The maximum atomic E-state index is 14.0. The van der Waals surface area contributed by atoms with E-state index in [1.165, 1.54) is 24.3 Å². The Morgan fingerprint density at radius 1 is 1.11 bits per heavy atom. The zero-order valence-corrected chi connectivity index (χ0v) is 15.7. The highest BCUT2D eigenvalue weighted by Crippen LogP contribution is 2.28. The predicted octanol–water partition coefficient (Wildman–Crippen LogP) is 3.21. The Balaban J connectivity index is 1.60. The first-order valence-electron chi connectivity index (χ1n) is 8.59. The summed E-state index contributed by atoms with van der Waals surface area (Å²) in [7, 11) is -3.89. The van der Waals surface area contributed by atoms with Crippen LogP contribution in [-0.2, 0) is 21.2 Å². The van der Waals surface area contributed by atoms with Crippen LogP contribution in [0.15, 0.2) is 47.4 Å². The van der Waals surface area contributed by atoms with Gasteiger partial charge >= 0.3 is 0 Å². The van der Waals surface area contributed by atoms with Gasteiger partial charge in [-0.3, -0.25) is 14.6 Å². The summed E-state index contributed by atoms with van der Waals surface area (Å²) in [4.78, 5) is 11.5. The average molecular weight is 400 g/mol. The molecule has 7 nitrogen and oxygen atoms in total. The molecular weight excluding hydrogens is 383 g/mol. The third-order valence-electron chi connectivity index (χ3n) is 4.51. The number of aromatic nitrogens is 2. The lowest BCUT2D eigenvalue weighted by atomic mass is 10.0. The highest BCUT2D eigenvalue weighted by molar-refractivity contribution is 7.92. The lowest BCUT2D eigenvalue weighted by molar-refractivity contribution is -0.116. The predicted molar refractivity (Wildman–Crippen MR) is 103 cm³/mol. The van der Waals surface area contributed by atoms with Crippen molar-refractivity contribution >= 4 is 27.4 Å². The van der Waals surface area contributed by atoms with Crippen molar-refractivity contribution in [1.29, 1.82) is 0 Å². The Kier molecular flexibility index (Phi) is 4.38. The van der Waals surface area contributed by atoms with Crippen LogP contribution in [0.3, 0.4) is 0 Å². The van der Waals surface area contributed by atoms with Crippen molar-refractivity contribution in [3.05, 3.63) is 59.4 Å². The molecule has 4 rings (SSSR count). The van der Waals surface area contributed by atoms with Crippen LogP contribution in [0.5, 0.6) is 0 Å². The molecule has 3 N–H and O–H groups in total. The molecule has 0 saturated carbocycles. The number of H-pyrrole nitrogens is 1. The van der Waals surface area contributed by atoms with Crippen LogP contribution < -0.4 is 10.0 Å². The maximum Gasteiger partial charge on any atom is 0.263 e. The number of halogens is 1. The third kappa shape index (κ3) is 3.48. The number of rotatable bonds is 4. The first-order valence-corrected chi connectivity index (χ1v) is 10.1. The molecule has 2 heterocycles. The molecule has 0 saturated heterocycles. The number of carbonyl (C=O) groups excluding carboxylic acids is 1. The second-order valence-electron chi connectivity index (χ2n) is 6.62. The maximum absolute atomic E-state index is 14.0. The monoisotopic (exact) mass is 400 g/mol. The summed E-state index contributed by atoms with van der Waals surface area (Å²) in [6.07, 6.45) is 0.790. The van der Waals surface area contributed by atoms with Crippen molar-refractivity contribution in [2.24, 2.45) is 0 Å². The highest BCUT2D eigenvalue weighted by atomic mass is 32.2. The third-order valence-corrected chi connectivity index (χ3v) is 5.86. The normalized spacial score (nSPS) is 13.7. The Hall–Kier alpha value is -3.20. The van der Waals surface area contributed by atoms with Gasteiger partial charge in [-0.05, 0) is 49.2 Å². The largest absolute Gasteiger partial charge is 0.326 e. The van der Waals surface area contributed by atoms with Crippen LogP contribution >= 0.6 is 0 Å². The molecule has 144 valence electrons. The highest BCUT2D eigenvalue weighted by Gasteiger charge is 2.21. The number of carbonyl (C=O) groups is 1. The molecule has 1 aliphatic heterocycles. The second kappa shape index (κ2) is 6.75. The van der Waals surface area contributed by atoms with Crippen molar-refractivity contribution in [3.63, 3.8) is 0 Å². The summed E-state index contributed by atoms with van der Waals surface area (Å²) in [5, 5.41) is 9.30. The fraction of sp³-hybridized carbons (Fsp3) is 0.158. The molecule has 0 bridgehead atoms. The van der Waals surface area contributed by atoms with Crippen molar-refractivity contribution < 1.29 is 17.6 Å². The van der Waals surface area contributed by atoms with E-state index in [9.17, 15) is 17.6 Å². The summed E-state index contributed by atoms with van der Waals surface area (Å²) < 4.78 is 41.8. The minimum atomic E-state index is -3.89. The fourth-order valence-electron chi connectivity index (χ4n) is 3.08. The number of anilines is 2. The van der Waals surface area contributed by atoms with E-state index in [0.717, 1.165) is 11.1 Å². The summed E-state index contributed by atoms with van der Waals surface area (Å²) in [6.45, 7) is 1.83. The van der Waals surface area contributed by atoms with E-state index in [0.29, 0.717) is 29.8 Å². The number of nitrogens with zero attached hydrogens (tertiary/aromatic N) is 1. The van der Waals surface area contributed by atoms with Gasteiger partial charge in [0.1, 0.15) is 5.82 Å². The summed E-state index contributed by atoms with van der Waals surface area (Å²) in [5.41, 5.74) is 2.92. The Morgan fingerprint density at radius 2 is 1.93 bits per heavy atom. The molecule has 0 radical (unpaired) electrons. The van der Waals surface area contributed by atoms with E-state index >= 15 is 0 Å². The van der Waals surface area contributed by atoms with Gasteiger partial charge in [0.05, 0.1) is 10.6 Å². The van der Waals surface area contributed by atoms with Crippen molar-refractivity contribution in [2.75, 3.05) is 10.0 Å². The summed E-state index contributed by atoms with van der Waals surface area (Å²) in [5.74, 6) is -0.462. The van der Waals surface area contributed by atoms with Crippen LogP contribution in [0.1, 0.15) is 17.5 Å². The Morgan fingerprint density at radius 3 is 2.75 bits per heavy atom. The number of fused-ring (bicyclic) bond motifs is 1. The molecule has 1 aromatic heterocycles. The molecule has 1 amide bonds. The van der Waals surface area contributed by atoms with Gasteiger partial charge < -0.3 is 5.32 Å². The number of benzene rings is 2. The SMILES string of the molecule is Cc1ccc(F)c(-c2cc(NS(=O)(=O)c3ccc4c(c3)CCC(=O)N4)n[nH]2)c1. The number of nitrogens with one attached hydrogen (secondary N) is 3. The van der Waals surface area contributed by atoms with Gasteiger partial charge in [0.2, 0.25) is 5.91 Å². The first-order chi connectivity index (χ1) is 13.3. The average Bonchev–Trinajstić information content (AvgIpc) is 3.10. The molecule has 9 heteroatoms.